The van der Waals surface area contributed by atoms with Crippen molar-refractivity contribution in [3.8, 4) is 11.5 Å². The van der Waals surface area contributed by atoms with E-state index in [-0.39, 0.29) is 30.0 Å². The third-order valence-corrected chi connectivity index (χ3v) is 5.27. The van der Waals surface area contributed by atoms with Gasteiger partial charge in [-0.25, -0.2) is 0 Å². The van der Waals surface area contributed by atoms with Crippen LogP contribution in [0.4, 0.5) is 0 Å². The predicted octanol–water partition coefficient (Wildman–Crippen LogP) is 2.31. The third-order valence-electron chi connectivity index (χ3n) is 5.27. The Hall–Kier alpha value is -1.26. The summed E-state index contributed by atoms with van der Waals surface area (Å²) in [5, 5.41) is 3.30. The van der Waals surface area contributed by atoms with Gasteiger partial charge in [-0.15, -0.1) is 24.0 Å². The molecule has 2 unspecified atom stereocenters. The number of hydrogen-bond donors (Lipinski definition) is 2. The van der Waals surface area contributed by atoms with Crippen molar-refractivity contribution in [2.75, 3.05) is 54.5 Å². The van der Waals surface area contributed by atoms with Crippen LogP contribution in [-0.4, -0.2) is 76.3 Å². The van der Waals surface area contributed by atoms with Crippen LogP contribution in [0, 0.1) is 0 Å². The Labute approximate surface area is 186 Å². The highest BCUT2D eigenvalue weighted by Crippen LogP contribution is 2.31. The number of nitrogens with one attached hydrogen (secondary N) is 1. The Morgan fingerprint density at radius 3 is 2.64 bits per heavy atom. The molecule has 0 saturated carbocycles. The number of likely N-dealkylation sites (tertiary alicyclic amines) is 1. The Kier molecular flexibility index (Phi) is 10.9. The van der Waals surface area contributed by atoms with E-state index in [2.05, 4.69) is 27.0 Å². The van der Waals surface area contributed by atoms with Crippen LogP contribution in [0.1, 0.15) is 31.4 Å². The number of nitrogens with two attached hydrogens (primary N) is 1. The first-order valence-electron chi connectivity index (χ1n) is 9.66. The van der Waals surface area contributed by atoms with Gasteiger partial charge in [0.1, 0.15) is 0 Å². The standard InChI is InChI=1S/C20H35N5O2.HI/c1-6-25-11-7-8-16(25)13-22-20(21)23-14-17(24(2)3)15-9-10-18(26-4)19(12-15)27-5;/h9-10,12,16-17H,6-8,11,13-14H2,1-5H3,(H3,21,22,23);1H. The van der Waals surface area contributed by atoms with Crippen LogP contribution < -0.4 is 20.5 Å². The number of guanidine groups is 1. The fourth-order valence-electron chi connectivity index (χ4n) is 3.63. The zero-order valence-electron chi connectivity index (χ0n) is 17.8. The van der Waals surface area contributed by atoms with Crippen molar-refractivity contribution in [2.24, 2.45) is 10.7 Å². The number of methoxy groups -OCH3 is 2. The minimum absolute atomic E-state index is 0. The van der Waals surface area contributed by atoms with E-state index in [0.717, 1.165) is 30.2 Å². The Morgan fingerprint density at radius 2 is 2.04 bits per heavy atom. The van der Waals surface area contributed by atoms with Crippen LogP contribution in [0.3, 0.4) is 0 Å². The summed E-state index contributed by atoms with van der Waals surface area (Å²) >= 11 is 0. The first-order chi connectivity index (χ1) is 13.0. The molecule has 1 aliphatic heterocycles. The van der Waals surface area contributed by atoms with Crippen molar-refractivity contribution in [3.63, 3.8) is 0 Å². The smallest absolute Gasteiger partial charge is 0.188 e. The van der Waals surface area contributed by atoms with Gasteiger partial charge < -0.3 is 25.4 Å². The van der Waals surface area contributed by atoms with Crippen molar-refractivity contribution in [3.05, 3.63) is 23.8 Å². The van der Waals surface area contributed by atoms with E-state index < -0.39 is 0 Å². The van der Waals surface area contributed by atoms with E-state index in [0.29, 0.717) is 18.5 Å². The second-order valence-corrected chi connectivity index (χ2v) is 7.13. The highest BCUT2D eigenvalue weighted by Gasteiger charge is 2.22. The van der Waals surface area contributed by atoms with E-state index >= 15 is 0 Å². The van der Waals surface area contributed by atoms with E-state index in [1.54, 1.807) is 14.2 Å². The van der Waals surface area contributed by atoms with Gasteiger partial charge in [-0.05, 0) is 57.7 Å². The van der Waals surface area contributed by atoms with E-state index in [1.807, 2.05) is 32.3 Å². The molecule has 1 aliphatic rings. The summed E-state index contributed by atoms with van der Waals surface area (Å²) in [5.41, 5.74) is 7.24. The molecule has 160 valence electrons. The van der Waals surface area contributed by atoms with Gasteiger partial charge in [0.2, 0.25) is 0 Å². The van der Waals surface area contributed by atoms with Gasteiger partial charge in [0.05, 0.1) is 26.8 Å². The summed E-state index contributed by atoms with van der Waals surface area (Å²) < 4.78 is 10.8. The molecule has 7 nitrogen and oxygen atoms in total. The summed E-state index contributed by atoms with van der Waals surface area (Å²) in [6, 6.07) is 6.63. The molecule has 1 fully saturated rings. The second kappa shape index (κ2) is 12.3. The molecule has 1 aromatic carbocycles. The SMILES string of the molecule is CCN1CCCC1CNC(N)=NCC(c1ccc(OC)c(OC)c1)N(C)C.I. The van der Waals surface area contributed by atoms with Gasteiger partial charge in [0.25, 0.3) is 0 Å². The van der Waals surface area contributed by atoms with Crippen LogP contribution in [0.15, 0.2) is 23.2 Å². The first kappa shape index (κ1) is 24.8. The lowest BCUT2D eigenvalue weighted by atomic mass is 10.1. The maximum atomic E-state index is 6.12. The van der Waals surface area contributed by atoms with E-state index in [4.69, 9.17) is 15.2 Å². The lowest BCUT2D eigenvalue weighted by molar-refractivity contribution is 0.267. The highest BCUT2D eigenvalue weighted by atomic mass is 127. The lowest BCUT2D eigenvalue weighted by Gasteiger charge is -2.25. The Bertz CT molecular complexity index is 627. The molecule has 8 heteroatoms. The molecular formula is C20H36IN5O2. The van der Waals surface area contributed by atoms with Crippen molar-refractivity contribution in [1.82, 2.24) is 15.1 Å². The lowest BCUT2D eigenvalue weighted by Crippen LogP contribution is -2.43. The van der Waals surface area contributed by atoms with Crippen molar-refractivity contribution < 1.29 is 9.47 Å². The monoisotopic (exact) mass is 505 g/mol. The minimum atomic E-state index is 0. The maximum absolute atomic E-state index is 6.12. The van der Waals surface area contributed by atoms with Gasteiger partial charge in [-0.1, -0.05) is 13.0 Å². The van der Waals surface area contributed by atoms with Crippen LogP contribution in [0.25, 0.3) is 0 Å². The van der Waals surface area contributed by atoms with Crippen LogP contribution in [-0.2, 0) is 0 Å². The second-order valence-electron chi connectivity index (χ2n) is 7.13. The molecule has 1 saturated heterocycles. The van der Waals surface area contributed by atoms with Gasteiger partial charge >= 0.3 is 0 Å². The fourth-order valence-corrected chi connectivity index (χ4v) is 3.63. The molecule has 3 N–H and O–H groups in total. The molecular weight excluding hydrogens is 469 g/mol. The largest absolute Gasteiger partial charge is 0.493 e. The number of aliphatic imine (C=N–C) groups is 1. The summed E-state index contributed by atoms with van der Waals surface area (Å²) in [6.45, 7) is 5.91. The molecule has 0 amide bonds. The number of nitrogens with zero attached hydrogens (tertiary/aromatic N) is 3. The third kappa shape index (κ3) is 6.66. The summed E-state index contributed by atoms with van der Waals surface area (Å²) in [5.74, 6) is 1.95. The molecule has 0 spiro atoms. The average Bonchev–Trinajstić information content (AvgIpc) is 3.13. The summed E-state index contributed by atoms with van der Waals surface area (Å²) in [6.07, 6.45) is 2.49. The number of likely N-dealkylation sites (N-methyl/N-ethyl adjacent to an activating group) is 2. The molecule has 0 aromatic heterocycles. The maximum Gasteiger partial charge on any atom is 0.188 e. The van der Waals surface area contributed by atoms with Crippen LogP contribution >= 0.6 is 24.0 Å². The van der Waals surface area contributed by atoms with E-state index in [9.17, 15) is 0 Å². The molecule has 28 heavy (non-hydrogen) atoms. The quantitative estimate of drug-likeness (QED) is 0.305. The normalized spacial score (nSPS) is 18.6. The van der Waals surface area contributed by atoms with Crippen LogP contribution in [0.2, 0.25) is 0 Å². The molecule has 0 radical (unpaired) electrons. The Balaban J connectivity index is 0.00000392. The molecule has 2 atom stereocenters. The van der Waals surface area contributed by atoms with Gasteiger partial charge in [0.15, 0.2) is 17.5 Å². The van der Waals surface area contributed by atoms with Crippen molar-refractivity contribution in [2.45, 2.75) is 31.8 Å². The van der Waals surface area contributed by atoms with Gasteiger partial charge in [-0.2, -0.15) is 0 Å². The Morgan fingerprint density at radius 1 is 1.32 bits per heavy atom. The highest BCUT2D eigenvalue weighted by molar-refractivity contribution is 14.0. The van der Waals surface area contributed by atoms with E-state index in [1.165, 1.54) is 19.4 Å². The number of rotatable bonds is 9. The minimum Gasteiger partial charge on any atom is -0.493 e. The summed E-state index contributed by atoms with van der Waals surface area (Å²) in [4.78, 5) is 9.21. The predicted molar refractivity (Wildman–Crippen MR) is 126 cm³/mol. The number of halogens is 1. The van der Waals surface area contributed by atoms with Crippen molar-refractivity contribution in [1.29, 1.82) is 0 Å². The van der Waals surface area contributed by atoms with Gasteiger partial charge in [-0.3, -0.25) is 9.89 Å². The van der Waals surface area contributed by atoms with Crippen molar-refractivity contribution >= 4 is 29.9 Å². The number of hydrogen-bond acceptors (Lipinski definition) is 5. The summed E-state index contributed by atoms with van der Waals surface area (Å²) in [7, 11) is 7.37. The molecule has 0 bridgehead atoms. The average molecular weight is 505 g/mol. The zero-order chi connectivity index (χ0) is 19.8. The molecule has 2 rings (SSSR count). The topological polar surface area (TPSA) is 75.3 Å². The zero-order valence-corrected chi connectivity index (χ0v) is 20.1. The number of ether oxygens (including phenoxy) is 2. The number of benzene rings is 1. The molecule has 1 heterocycles. The molecule has 0 aliphatic carbocycles. The van der Waals surface area contributed by atoms with Crippen LogP contribution in [0.5, 0.6) is 11.5 Å². The molecule has 1 aromatic rings. The fraction of sp³-hybridized carbons (Fsp3) is 0.650. The van der Waals surface area contributed by atoms with Gasteiger partial charge in [0, 0.05) is 12.6 Å². The first-order valence-corrected chi connectivity index (χ1v) is 9.66.